The highest BCUT2D eigenvalue weighted by Gasteiger charge is 2.34. The average molecular weight is 391 g/mol. The summed E-state index contributed by atoms with van der Waals surface area (Å²) in [6.45, 7) is 7.41. The molecule has 1 fully saturated rings. The first-order valence-corrected chi connectivity index (χ1v) is 10.2. The van der Waals surface area contributed by atoms with Gasteiger partial charge in [0, 0.05) is 18.7 Å². The number of nitrogens with zero attached hydrogens (tertiary/aromatic N) is 3. The highest BCUT2D eigenvalue weighted by molar-refractivity contribution is 8.02. The zero-order valence-corrected chi connectivity index (χ0v) is 16.9. The maximum absolute atomic E-state index is 12.5. The van der Waals surface area contributed by atoms with E-state index < -0.39 is 0 Å². The highest BCUT2D eigenvalue weighted by atomic mass is 32.2. The average Bonchev–Trinajstić information content (AvgIpc) is 3.31. The number of amides is 2. The number of aryl methyl sites for hydroxylation is 1. The molecular formula is C18H22N4O2S2. The van der Waals surface area contributed by atoms with E-state index >= 15 is 0 Å². The lowest BCUT2D eigenvalue weighted by Crippen LogP contribution is -2.30. The van der Waals surface area contributed by atoms with Crippen LogP contribution >= 0.6 is 23.1 Å². The van der Waals surface area contributed by atoms with Crippen molar-refractivity contribution in [3.05, 3.63) is 29.3 Å². The molecule has 0 spiro atoms. The molecule has 1 atom stereocenters. The van der Waals surface area contributed by atoms with Gasteiger partial charge >= 0.3 is 0 Å². The van der Waals surface area contributed by atoms with Gasteiger partial charge in [-0.15, -0.1) is 10.2 Å². The first-order chi connectivity index (χ1) is 12.4. The summed E-state index contributed by atoms with van der Waals surface area (Å²) in [5, 5.41) is 11.6. The summed E-state index contributed by atoms with van der Waals surface area (Å²) in [4.78, 5) is 26.0. The number of carbonyl (C=O) groups excluding carboxylic acids is 2. The predicted octanol–water partition coefficient (Wildman–Crippen LogP) is 3.79. The molecule has 0 saturated heterocycles. The van der Waals surface area contributed by atoms with Crippen LogP contribution in [0.1, 0.15) is 37.8 Å². The number of thioether (sulfide) groups is 1. The molecule has 1 heterocycles. The number of benzene rings is 1. The van der Waals surface area contributed by atoms with Crippen molar-refractivity contribution in [3.8, 4) is 0 Å². The number of nitrogens with one attached hydrogen (secondary N) is 1. The fourth-order valence-corrected chi connectivity index (χ4v) is 4.65. The molecule has 2 aromatic rings. The van der Waals surface area contributed by atoms with Crippen LogP contribution in [0.3, 0.4) is 0 Å². The van der Waals surface area contributed by atoms with Gasteiger partial charge in [-0.05, 0) is 50.8 Å². The van der Waals surface area contributed by atoms with Gasteiger partial charge in [-0.3, -0.25) is 14.5 Å². The van der Waals surface area contributed by atoms with E-state index in [9.17, 15) is 9.59 Å². The predicted molar refractivity (Wildman–Crippen MR) is 106 cm³/mol. The molecular weight excluding hydrogens is 368 g/mol. The van der Waals surface area contributed by atoms with E-state index in [1.165, 1.54) is 23.1 Å². The van der Waals surface area contributed by atoms with Gasteiger partial charge in [0.15, 0.2) is 4.34 Å². The van der Waals surface area contributed by atoms with Crippen molar-refractivity contribution in [1.29, 1.82) is 0 Å². The minimum absolute atomic E-state index is 0.0130. The van der Waals surface area contributed by atoms with Gasteiger partial charge in [-0.25, -0.2) is 0 Å². The summed E-state index contributed by atoms with van der Waals surface area (Å²) < 4.78 is 0.690. The van der Waals surface area contributed by atoms with Crippen molar-refractivity contribution in [2.75, 3.05) is 10.2 Å². The Kier molecular flexibility index (Phi) is 5.62. The van der Waals surface area contributed by atoms with Crippen molar-refractivity contribution in [3.63, 3.8) is 0 Å². The maximum atomic E-state index is 12.5. The van der Waals surface area contributed by atoms with Crippen LogP contribution in [0.15, 0.2) is 22.5 Å². The van der Waals surface area contributed by atoms with E-state index in [1.807, 2.05) is 39.0 Å². The molecule has 0 radical (unpaired) electrons. The van der Waals surface area contributed by atoms with Crippen molar-refractivity contribution in [2.45, 2.75) is 56.2 Å². The molecule has 8 heteroatoms. The second kappa shape index (κ2) is 7.75. The van der Waals surface area contributed by atoms with Gasteiger partial charge in [-0.2, -0.15) is 0 Å². The second-order valence-corrected chi connectivity index (χ2v) is 9.01. The van der Waals surface area contributed by atoms with Crippen LogP contribution in [0.5, 0.6) is 0 Å². The van der Waals surface area contributed by atoms with E-state index in [4.69, 9.17) is 0 Å². The normalized spacial score (nSPS) is 14.8. The number of aromatic nitrogens is 2. The smallest absolute Gasteiger partial charge is 0.237 e. The van der Waals surface area contributed by atoms with Gasteiger partial charge in [0.2, 0.25) is 16.9 Å². The molecule has 1 aromatic carbocycles. The van der Waals surface area contributed by atoms with Crippen LogP contribution in [0, 0.1) is 13.8 Å². The van der Waals surface area contributed by atoms with Gasteiger partial charge in [-0.1, -0.05) is 35.2 Å². The van der Waals surface area contributed by atoms with Crippen molar-refractivity contribution in [2.24, 2.45) is 0 Å². The van der Waals surface area contributed by atoms with Crippen molar-refractivity contribution >= 4 is 45.7 Å². The van der Waals surface area contributed by atoms with Crippen LogP contribution in [0.25, 0.3) is 0 Å². The molecule has 6 nitrogen and oxygen atoms in total. The van der Waals surface area contributed by atoms with Crippen LogP contribution < -0.4 is 10.2 Å². The largest absolute Gasteiger partial charge is 0.325 e. The molecule has 138 valence electrons. The maximum Gasteiger partial charge on any atom is 0.237 e. The number of hydrogen-bond donors (Lipinski definition) is 1. The summed E-state index contributed by atoms with van der Waals surface area (Å²) in [7, 11) is 0. The molecule has 0 aliphatic heterocycles. The summed E-state index contributed by atoms with van der Waals surface area (Å²) in [6, 6.07) is 6.11. The van der Waals surface area contributed by atoms with Crippen LogP contribution in [0.4, 0.5) is 10.8 Å². The minimum Gasteiger partial charge on any atom is -0.325 e. The lowest BCUT2D eigenvalue weighted by Gasteiger charge is -2.15. The van der Waals surface area contributed by atoms with Gasteiger partial charge in [0.1, 0.15) is 0 Å². The molecule has 3 rings (SSSR count). The highest BCUT2D eigenvalue weighted by Crippen LogP contribution is 2.36. The van der Waals surface area contributed by atoms with Crippen LogP contribution in [-0.2, 0) is 9.59 Å². The number of rotatable bonds is 6. The van der Waals surface area contributed by atoms with Crippen LogP contribution in [-0.4, -0.2) is 33.3 Å². The Morgan fingerprint density at radius 3 is 2.69 bits per heavy atom. The fraction of sp³-hybridized carbons (Fsp3) is 0.444. The van der Waals surface area contributed by atoms with Crippen molar-refractivity contribution in [1.82, 2.24) is 10.2 Å². The Labute approximate surface area is 161 Å². The third kappa shape index (κ3) is 4.24. The topological polar surface area (TPSA) is 75.2 Å². The lowest BCUT2D eigenvalue weighted by molar-refractivity contribution is -0.117. The molecule has 26 heavy (non-hydrogen) atoms. The molecule has 1 N–H and O–H groups in total. The van der Waals surface area contributed by atoms with Gasteiger partial charge in [0.25, 0.3) is 0 Å². The number of hydrogen-bond acceptors (Lipinski definition) is 6. The zero-order valence-electron chi connectivity index (χ0n) is 15.3. The SMILES string of the molecule is CC(=O)N(c1nnc(SC(C)C(=O)Nc2cccc(C)c2C)s1)C1CC1. The van der Waals surface area contributed by atoms with E-state index in [2.05, 4.69) is 15.5 Å². The molecule has 1 aromatic heterocycles. The number of anilines is 2. The van der Waals surface area contributed by atoms with E-state index in [-0.39, 0.29) is 23.1 Å². The van der Waals surface area contributed by atoms with E-state index in [0.717, 1.165) is 29.7 Å². The molecule has 0 bridgehead atoms. The summed E-state index contributed by atoms with van der Waals surface area (Å²) in [5.74, 6) is -0.0908. The third-order valence-corrected chi connectivity index (χ3v) is 6.47. The van der Waals surface area contributed by atoms with Gasteiger partial charge in [0.05, 0.1) is 5.25 Å². The second-order valence-electron chi connectivity index (χ2n) is 6.47. The monoisotopic (exact) mass is 390 g/mol. The Hall–Kier alpha value is -1.93. The minimum atomic E-state index is -0.317. The standard InChI is InChI=1S/C18H22N4O2S2/c1-10-6-5-7-15(11(10)2)19-16(24)12(3)25-18-21-20-17(26-18)22(13(4)23)14-8-9-14/h5-7,12,14H,8-9H2,1-4H3,(H,19,24). The number of carbonyl (C=O) groups is 2. The first-order valence-electron chi connectivity index (χ1n) is 8.54. The summed E-state index contributed by atoms with van der Waals surface area (Å²) in [6.07, 6.45) is 2.02. The quantitative estimate of drug-likeness (QED) is 0.600. The Balaban J connectivity index is 1.64. The Bertz CT molecular complexity index is 832. The van der Waals surface area contributed by atoms with Crippen molar-refractivity contribution < 1.29 is 9.59 Å². The third-order valence-electron chi connectivity index (χ3n) is 4.36. The van der Waals surface area contributed by atoms with Crippen LogP contribution in [0.2, 0.25) is 0 Å². The fourth-order valence-electron chi connectivity index (χ4n) is 2.55. The molecule has 1 saturated carbocycles. The molecule has 1 aliphatic carbocycles. The summed E-state index contributed by atoms with van der Waals surface area (Å²) in [5.41, 5.74) is 3.04. The Morgan fingerprint density at radius 1 is 1.31 bits per heavy atom. The zero-order chi connectivity index (χ0) is 18.8. The van der Waals surface area contributed by atoms with E-state index in [1.54, 1.807) is 11.8 Å². The molecule has 1 unspecified atom stereocenters. The molecule has 1 aliphatic rings. The Morgan fingerprint density at radius 2 is 2.04 bits per heavy atom. The van der Waals surface area contributed by atoms with Gasteiger partial charge < -0.3 is 5.32 Å². The first kappa shape index (κ1) is 18.8. The van der Waals surface area contributed by atoms with E-state index in [0.29, 0.717) is 9.47 Å². The summed E-state index contributed by atoms with van der Waals surface area (Å²) >= 11 is 2.72. The lowest BCUT2D eigenvalue weighted by atomic mass is 10.1. The molecule has 2 amide bonds.